The number of rotatable bonds is 9. The van der Waals surface area contributed by atoms with Crippen LogP contribution in [0, 0.1) is 5.82 Å². The smallest absolute Gasteiger partial charge is 0.146 e. The zero-order valence-corrected chi connectivity index (χ0v) is 12.6. The summed E-state index contributed by atoms with van der Waals surface area (Å²) >= 11 is 0. The minimum atomic E-state index is -0.242. The molecule has 0 aliphatic heterocycles. The van der Waals surface area contributed by atoms with Gasteiger partial charge in [-0.15, -0.1) is 0 Å². The molecule has 0 spiro atoms. The van der Waals surface area contributed by atoms with E-state index in [1.54, 1.807) is 20.3 Å². The second kappa shape index (κ2) is 8.89. The summed E-state index contributed by atoms with van der Waals surface area (Å²) in [5.74, 6) is -0.242. The molecule has 4 nitrogen and oxygen atoms in total. The Kier molecular flexibility index (Phi) is 7.51. The molecule has 1 rings (SSSR count). The number of nitrogens with zero attached hydrogens (tertiary/aromatic N) is 1. The van der Waals surface area contributed by atoms with Crippen molar-refractivity contribution >= 4 is 5.69 Å². The van der Waals surface area contributed by atoms with Gasteiger partial charge in [0, 0.05) is 40.0 Å². The molecule has 20 heavy (non-hydrogen) atoms. The standard InChI is InChI=1S/C15H25FN2O2/c1-12(17)13-6-4-7-14(16)15(13)18(9-11-20-3)8-5-10-19-2/h4,6-7,12H,5,8-11,17H2,1-3H3/t12-/m0/s1. The van der Waals surface area contributed by atoms with Crippen LogP contribution in [0.25, 0.3) is 0 Å². The summed E-state index contributed by atoms with van der Waals surface area (Å²) < 4.78 is 24.4. The highest BCUT2D eigenvalue weighted by molar-refractivity contribution is 5.56. The van der Waals surface area contributed by atoms with Crippen LogP contribution in [-0.2, 0) is 9.47 Å². The molecule has 0 radical (unpaired) electrons. The molecule has 2 N–H and O–H groups in total. The molecule has 0 aromatic heterocycles. The zero-order chi connectivity index (χ0) is 15.0. The second-order valence-electron chi connectivity index (χ2n) is 4.79. The van der Waals surface area contributed by atoms with Gasteiger partial charge in [-0.05, 0) is 25.0 Å². The van der Waals surface area contributed by atoms with E-state index in [1.807, 2.05) is 17.9 Å². The average molecular weight is 284 g/mol. The lowest BCUT2D eigenvalue weighted by atomic mass is 10.0. The molecular formula is C15H25FN2O2. The minimum absolute atomic E-state index is 0.215. The highest BCUT2D eigenvalue weighted by atomic mass is 19.1. The van der Waals surface area contributed by atoms with Crippen LogP contribution in [0.1, 0.15) is 24.9 Å². The van der Waals surface area contributed by atoms with Crippen LogP contribution >= 0.6 is 0 Å². The predicted octanol–water partition coefficient (Wildman–Crippen LogP) is 2.33. The van der Waals surface area contributed by atoms with Crippen LogP contribution in [0.4, 0.5) is 10.1 Å². The Morgan fingerprint density at radius 3 is 2.50 bits per heavy atom. The van der Waals surface area contributed by atoms with E-state index in [0.717, 1.165) is 12.0 Å². The highest BCUT2D eigenvalue weighted by Gasteiger charge is 2.17. The Labute approximate surface area is 120 Å². The van der Waals surface area contributed by atoms with Crippen LogP contribution in [0.3, 0.4) is 0 Å². The Bertz CT molecular complexity index is 399. The first-order chi connectivity index (χ1) is 9.61. The lowest BCUT2D eigenvalue weighted by Gasteiger charge is -2.28. The molecule has 1 aromatic rings. The molecule has 0 heterocycles. The summed E-state index contributed by atoms with van der Waals surface area (Å²) in [6.45, 7) is 4.38. The van der Waals surface area contributed by atoms with E-state index in [2.05, 4.69) is 0 Å². The van der Waals surface area contributed by atoms with Crippen molar-refractivity contribution in [2.75, 3.05) is 45.4 Å². The van der Waals surface area contributed by atoms with Gasteiger partial charge in [0.05, 0.1) is 12.3 Å². The molecule has 1 atom stereocenters. The lowest BCUT2D eigenvalue weighted by Crippen LogP contribution is -2.31. The third kappa shape index (κ3) is 4.74. The van der Waals surface area contributed by atoms with Gasteiger partial charge in [0.2, 0.25) is 0 Å². The number of ether oxygens (including phenoxy) is 2. The summed E-state index contributed by atoms with van der Waals surface area (Å²) in [4.78, 5) is 1.98. The van der Waals surface area contributed by atoms with E-state index in [-0.39, 0.29) is 11.9 Å². The van der Waals surface area contributed by atoms with E-state index in [1.165, 1.54) is 6.07 Å². The van der Waals surface area contributed by atoms with Gasteiger partial charge < -0.3 is 20.1 Å². The molecule has 0 fully saturated rings. The molecule has 0 saturated carbocycles. The first-order valence-corrected chi connectivity index (χ1v) is 6.88. The molecule has 0 aliphatic carbocycles. The fourth-order valence-electron chi connectivity index (χ4n) is 2.17. The maximum absolute atomic E-state index is 14.2. The van der Waals surface area contributed by atoms with Crippen molar-refractivity contribution in [2.45, 2.75) is 19.4 Å². The Morgan fingerprint density at radius 2 is 1.90 bits per heavy atom. The van der Waals surface area contributed by atoms with E-state index in [4.69, 9.17) is 15.2 Å². The third-order valence-electron chi connectivity index (χ3n) is 3.17. The van der Waals surface area contributed by atoms with Gasteiger partial charge in [0.25, 0.3) is 0 Å². The van der Waals surface area contributed by atoms with Crippen molar-refractivity contribution in [1.82, 2.24) is 0 Å². The Morgan fingerprint density at radius 1 is 1.20 bits per heavy atom. The topological polar surface area (TPSA) is 47.7 Å². The quantitative estimate of drug-likeness (QED) is 0.707. The molecule has 0 aliphatic rings. The van der Waals surface area contributed by atoms with Crippen LogP contribution in [0.2, 0.25) is 0 Å². The van der Waals surface area contributed by atoms with E-state index in [9.17, 15) is 4.39 Å². The molecule has 114 valence electrons. The van der Waals surface area contributed by atoms with E-state index in [0.29, 0.717) is 32.0 Å². The Hall–Kier alpha value is -1.17. The maximum atomic E-state index is 14.2. The number of para-hydroxylation sites is 1. The minimum Gasteiger partial charge on any atom is -0.385 e. The summed E-state index contributed by atoms with van der Waals surface area (Å²) in [6, 6.07) is 4.82. The van der Waals surface area contributed by atoms with Crippen molar-refractivity contribution in [1.29, 1.82) is 0 Å². The summed E-state index contributed by atoms with van der Waals surface area (Å²) in [5.41, 5.74) is 7.35. The fraction of sp³-hybridized carbons (Fsp3) is 0.600. The zero-order valence-electron chi connectivity index (χ0n) is 12.6. The first kappa shape index (κ1) is 16.9. The van der Waals surface area contributed by atoms with Crippen LogP contribution in [0.5, 0.6) is 0 Å². The summed E-state index contributed by atoms with van der Waals surface area (Å²) in [5, 5.41) is 0. The van der Waals surface area contributed by atoms with E-state index >= 15 is 0 Å². The Balaban J connectivity index is 2.98. The van der Waals surface area contributed by atoms with Gasteiger partial charge in [-0.3, -0.25) is 0 Å². The van der Waals surface area contributed by atoms with Gasteiger partial charge >= 0.3 is 0 Å². The van der Waals surface area contributed by atoms with Crippen molar-refractivity contribution in [3.63, 3.8) is 0 Å². The van der Waals surface area contributed by atoms with Crippen LogP contribution < -0.4 is 10.6 Å². The molecule has 0 amide bonds. The maximum Gasteiger partial charge on any atom is 0.146 e. The highest BCUT2D eigenvalue weighted by Crippen LogP contribution is 2.28. The summed E-state index contributed by atoms with van der Waals surface area (Å²) in [6.07, 6.45) is 0.826. The van der Waals surface area contributed by atoms with Crippen LogP contribution in [-0.4, -0.2) is 40.5 Å². The summed E-state index contributed by atoms with van der Waals surface area (Å²) in [7, 11) is 3.30. The SMILES string of the molecule is COCCCN(CCOC)c1c(F)cccc1[C@H](C)N. The van der Waals surface area contributed by atoms with E-state index < -0.39 is 0 Å². The van der Waals surface area contributed by atoms with Crippen molar-refractivity contribution in [3.05, 3.63) is 29.6 Å². The van der Waals surface area contributed by atoms with Gasteiger partial charge in [-0.1, -0.05) is 12.1 Å². The molecule has 0 saturated heterocycles. The molecule has 0 bridgehead atoms. The van der Waals surface area contributed by atoms with Crippen molar-refractivity contribution in [3.8, 4) is 0 Å². The number of nitrogens with two attached hydrogens (primary N) is 1. The normalized spacial score (nSPS) is 12.4. The van der Waals surface area contributed by atoms with Crippen molar-refractivity contribution in [2.24, 2.45) is 5.73 Å². The average Bonchev–Trinajstić information content (AvgIpc) is 2.43. The largest absolute Gasteiger partial charge is 0.385 e. The number of hydrogen-bond donors (Lipinski definition) is 1. The number of anilines is 1. The first-order valence-electron chi connectivity index (χ1n) is 6.88. The number of benzene rings is 1. The number of methoxy groups -OCH3 is 2. The van der Waals surface area contributed by atoms with Crippen molar-refractivity contribution < 1.29 is 13.9 Å². The fourth-order valence-corrected chi connectivity index (χ4v) is 2.17. The van der Waals surface area contributed by atoms with Crippen LogP contribution in [0.15, 0.2) is 18.2 Å². The van der Waals surface area contributed by atoms with Gasteiger partial charge in [0.15, 0.2) is 0 Å². The monoisotopic (exact) mass is 284 g/mol. The molecule has 5 heteroatoms. The number of halogens is 1. The van der Waals surface area contributed by atoms with Gasteiger partial charge in [-0.2, -0.15) is 0 Å². The second-order valence-corrected chi connectivity index (χ2v) is 4.79. The van der Waals surface area contributed by atoms with Gasteiger partial charge in [-0.25, -0.2) is 4.39 Å². The van der Waals surface area contributed by atoms with Gasteiger partial charge in [0.1, 0.15) is 5.82 Å². The predicted molar refractivity (Wildman–Crippen MR) is 79.6 cm³/mol. The molecule has 0 unspecified atom stereocenters. The molecular weight excluding hydrogens is 259 g/mol. The molecule has 1 aromatic carbocycles. The number of hydrogen-bond acceptors (Lipinski definition) is 4. The lowest BCUT2D eigenvalue weighted by molar-refractivity contribution is 0.190. The third-order valence-corrected chi connectivity index (χ3v) is 3.17.